The molecule has 0 bridgehead atoms. The van der Waals surface area contributed by atoms with Gasteiger partial charge in [0.2, 0.25) is 0 Å². The van der Waals surface area contributed by atoms with Crippen LogP contribution in [0.1, 0.15) is 29.7 Å². The largest absolute Gasteiger partial charge is 0.489 e. The number of ether oxygens (including phenoxy) is 1. The lowest BCUT2D eigenvalue weighted by molar-refractivity contribution is 0.187. The third kappa shape index (κ3) is 4.89. The van der Waals surface area contributed by atoms with Crippen molar-refractivity contribution in [3.05, 3.63) is 73.1 Å². The Morgan fingerprint density at radius 1 is 1.20 bits per heavy atom. The highest BCUT2D eigenvalue weighted by atomic mass is 35.5. The topological polar surface area (TPSA) is 91.0 Å². The first-order valence-electron chi connectivity index (χ1n) is 11.6. The molecule has 0 aliphatic carbocycles. The summed E-state index contributed by atoms with van der Waals surface area (Å²) in [6, 6.07) is 7.09. The molecule has 0 spiro atoms. The van der Waals surface area contributed by atoms with Gasteiger partial charge >= 0.3 is 5.69 Å². The van der Waals surface area contributed by atoms with Crippen molar-refractivity contribution in [1.29, 1.82) is 0 Å². The number of benzene rings is 1. The fourth-order valence-electron chi connectivity index (χ4n) is 4.42. The van der Waals surface area contributed by atoms with Crippen LogP contribution < -0.4 is 21.3 Å². The first-order valence-corrected chi connectivity index (χ1v) is 12.8. The molecular formula is C25H26ClN5O3S. The summed E-state index contributed by atoms with van der Waals surface area (Å²) in [5, 5.41) is 4.03. The molecule has 4 aromatic rings. The summed E-state index contributed by atoms with van der Waals surface area (Å²) in [5.41, 5.74) is 2.55. The second-order valence-corrected chi connectivity index (χ2v) is 10.4. The number of aromatic nitrogens is 4. The van der Waals surface area contributed by atoms with Gasteiger partial charge in [0, 0.05) is 34.8 Å². The highest BCUT2D eigenvalue weighted by molar-refractivity contribution is 7.19. The number of aryl methyl sites for hydroxylation is 2. The Kier molecular flexibility index (Phi) is 6.73. The molecule has 0 saturated carbocycles. The fraction of sp³-hybridized carbons (Fsp3) is 0.360. The molecule has 0 unspecified atom stereocenters. The zero-order valence-electron chi connectivity index (χ0n) is 19.6. The van der Waals surface area contributed by atoms with Crippen LogP contribution in [0.25, 0.3) is 21.5 Å². The molecule has 8 nitrogen and oxygen atoms in total. The molecule has 5 rings (SSSR count). The second kappa shape index (κ2) is 9.93. The molecule has 1 aliphatic heterocycles. The van der Waals surface area contributed by atoms with Gasteiger partial charge in [0.1, 0.15) is 18.2 Å². The number of thiophene rings is 1. The van der Waals surface area contributed by atoms with Crippen molar-refractivity contribution in [2.24, 2.45) is 7.05 Å². The van der Waals surface area contributed by atoms with Crippen molar-refractivity contribution >= 4 is 33.2 Å². The Morgan fingerprint density at radius 2 is 2.06 bits per heavy atom. The molecule has 182 valence electrons. The fourth-order valence-corrected chi connectivity index (χ4v) is 5.80. The number of nitrogens with one attached hydrogen (secondary N) is 1. The molecule has 1 aromatic carbocycles. The maximum absolute atomic E-state index is 12.5. The van der Waals surface area contributed by atoms with Crippen molar-refractivity contribution < 1.29 is 4.74 Å². The van der Waals surface area contributed by atoms with Gasteiger partial charge < -0.3 is 14.6 Å². The molecule has 1 saturated heterocycles. The van der Waals surface area contributed by atoms with Crippen LogP contribution in [0.15, 0.2) is 46.4 Å². The average molecular weight is 512 g/mol. The molecular weight excluding hydrogens is 486 g/mol. The number of nitrogens with zero attached hydrogens (tertiary/aromatic N) is 4. The summed E-state index contributed by atoms with van der Waals surface area (Å²) < 4.78 is 10.0. The van der Waals surface area contributed by atoms with Gasteiger partial charge in [-0.1, -0.05) is 11.6 Å². The number of hydrogen-bond acceptors (Lipinski definition) is 7. The predicted octanol–water partition coefficient (Wildman–Crippen LogP) is 3.75. The van der Waals surface area contributed by atoms with E-state index in [1.807, 2.05) is 25.1 Å². The smallest absolute Gasteiger partial charge is 0.331 e. The molecule has 4 heterocycles. The van der Waals surface area contributed by atoms with Crippen molar-refractivity contribution in [2.75, 3.05) is 13.1 Å². The van der Waals surface area contributed by atoms with Gasteiger partial charge in [-0.3, -0.25) is 9.36 Å². The molecule has 1 aliphatic rings. The van der Waals surface area contributed by atoms with E-state index in [-0.39, 0.29) is 23.9 Å². The van der Waals surface area contributed by atoms with Crippen molar-refractivity contribution in [2.45, 2.75) is 38.8 Å². The van der Waals surface area contributed by atoms with E-state index in [0.717, 1.165) is 70.0 Å². The summed E-state index contributed by atoms with van der Waals surface area (Å²) >= 11 is 7.94. The van der Waals surface area contributed by atoms with Crippen molar-refractivity contribution in [3.8, 4) is 17.0 Å². The Hall–Kier alpha value is -3.01. The predicted molar refractivity (Wildman–Crippen MR) is 139 cm³/mol. The first kappa shape index (κ1) is 23.7. The van der Waals surface area contributed by atoms with Crippen LogP contribution in [0.4, 0.5) is 0 Å². The first-order chi connectivity index (χ1) is 16.9. The molecule has 35 heavy (non-hydrogen) atoms. The Labute approximate surface area is 211 Å². The minimum Gasteiger partial charge on any atom is -0.489 e. The quantitative estimate of drug-likeness (QED) is 0.439. The Bertz CT molecular complexity index is 1500. The van der Waals surface area contributed by atoms with Gasteiger partial charge in [-0.15, -0.1) is 11.3 Å². The highest BCUT2D eigenvalue weighted by Gasteiger charge is 2.21. The van der Waals surface area contributed by atoms with Gasteiger partial charge in [-0.05, 0) is 63.0 Å². The van der Waals surface area contributed by atoms with E-state index in [0.29, 0.717) is 5.02 Å². The summed E-state index contributed by atoms with van der Waals surface area (Å²) in [5.74, 6) is 0.782. The van der Waals surface area contributed by atoms with E-state index >= 15 is 0 Å². The van der Waals surface area contributed by atoms with Gasteiger partial charge in [0.15, 0.2) is 0 Å². The molecule has 0 radical (unpaired) electrons. The average Bonchev–Trinajstić information content (AvgIpc) is 3.07. The van der Waals surface area contributed by atoms with Crippen molar-refractivity contribution in [3.63, 3.8) is 0 Å². The van der Waals surface area contributed by atoms with Gasteiger partial charge in [-0.25, -0.2) is 14.8 Å². The van der Waals surface area contributed by atoms with E-state index in [1.165, 1.54) is 39.1 Å². The van der Waals surface area contributed by atoms with Gasteiger partial charge in [-0.2, -0.15) is 0 Å². The third-order valence-corrected chi connectivity index (χ3v) is 7.55. The van der Waals surface area contributed by atoms with Crippen LogP contribution in [0.2, 0.25) is 5.02 Å². The second-order valence-electron chi connectivity index (χ2n) is 8.80. The normalized spacial score (nSPS) is 16.4. The number of fused-ring (bicyclic) bond motifs is 1. The van der Waals surface area contributed by atoms with Crippen LogP contribution in [0.5, 0.6) is 5.75 Å². The minimum atomic E-state index is -0.361. The molecule has 1 fully saturated rings. The Morgan fingerprint density at radius 3 is 2.91 bits per heavy atom. The van der Waals surface area contributed by atoms with Crippen LogP contribution in [-0.2, 0) is 13.6 Å². The zero-order chi connectivity index (χ0) is 24.5. The summed E-state index contributed by atoms with van der Waals surface area (Å²) in [6.45, 7) is 4.09. The minimum absolute atomic E-state index is 0.112. The van der Waals surface area contributed by atoms with Gasteiger partial charge in [0.25, 0.3) is 5.56 Å². The number of rotatable bonds is 5. The maximum atomic E-state index is 12.5. The summed E-state index contributed by atoms with van der Waals surface area (Å²) in [7, 11) is 1.63. The van der Waals surface area contributed by atoms with Crippen LogP contribution in [0.3, 0.4) is 0 Å². The molecule has 3 aromatic heterocycles. The zero-order valence-corrected chi connectivity index (χ0v) is 21.2. The molecule has 1 N–H and O–H groups in total. The van der Waals surface area contributed by atoms with Gasteiger partial charge in [0.05, 0.1) is 22.5 Å². The molecule has 10 heteroatoms. The monoisotopic (exact) mass is 511 g/mol. The Balaban J connectivity index is 1.58. The van der Waals surface area contributed by atoms with E-state index in [4.69, 9.17) is 16.3 Å². The summed E-state index contributed by atoms with van der Waals surface area (Å²) in [4.78, 5) is 34.7. The molecule has 1 atom stereocenters. The molecule has 0 amide bonds. The van der Waals surface area contributed by atoms with E-state index in [1.54, 1.807) is 7.05 Å². The number of halogens is 1. The van der Waals surface area contributed by atoms with Crippen LogP contribution in [0, 0.1) is 6.92 Å². The van der Waals surface area contributed by atoms with E-state index in [2.05, 4.69) is 15.3 Å². The third-order valence-electron chi connectivity index (χ3n) is 6.22. The lowest BCUT2D eigenvalue weighted by atomic mass is 10.0. The van der Waals surface area contributed by atoms with Crippen LogP contribution in [-0.4, -0.2) is 38.3 Å². The van der Waals surface area contributed by atoms with E-state index in [9.17, 15) is 9.59 Å². The summed E-state index contributed by atoms with van der Waals surface area (Å²) in [6.07, 6.45) is 6.10. The lowest BCUT2D eigenvalue weighted by Crippen LogP contribution is -2.37. The standard InChI is InChI=1S/C25H26ClN5O3S/c1-15-10-16(26)11-19(23(15)34-17-4-3-7-27-8-5-17)22-24-20(28-14-29-22)12-18(35-24)13-31-21(32)6-9-30(2)25(31)33/h6,9-12,14,17,27H,3-5,7-8,13H2,1-2H3/t17-/m0/s1. The SMILES string of the molecule is Cc1cc(Cl)cc(-c2ncnc3cc(Cn4c(=O)ccn(C)c4=O)sc23)c1O[C@H]1CCCNCC1. The number of hydrogen-bond donors (Lipinski definition) is 1. The van der Waals surface area contributed by atoms with Crippen LogP contribution >= 0.6 is 22.9 Å². The highest BCUT2D eigenvalue weighted by Crippen LogP contribution is 2.41. The van der Waals surface area contributed by atoms with Crippen molar-refractivity contribution in [1.82, 2.24) is 24.4 Å². The lowest BCUT2D eigenvalue weighted by Gasteiger charge is -2.21. The van der Waals surface area contributed by atoms with E-state index < -0.39 is 0 Å². The maximum Gasteiger partial charge on any atom is 0.331 e.